The number of allylic oxidation sites excluding steroid dienone is 1. The van der Waals surface area contributed by atoms with Crippen LogP contribution in [0.15, 0.2) is 66.8 Å². The highest BCUT2D eigenvalue weighted by Crippen LogP contribution is 2.63. The van der Waals surface area contributed by atoms with Crippen molar-refractivity contribution < 1.29 is 29.3 Å². The van der Waals surface area contributed by atoms with Crippen molar-refractivity contribution in [1.82, 2.24) is 5.32 Å². The van der Waals surface area contributed by atoms with Gasteiger partial charge in [0.2, 0.25) is 5.91 Å². The van der Waals surface area contributed by atoms with Gasteiger partial charge in [0.05, 0.1) is 6.10 Å². The summed E-state index contributed by atoms with van der Waals surface area (Å²) in [6.07, 6.45) is 5.37. The molecule has 1 aromatic rings. The van der Waals surface area contributed by atoms with Gasteiger partial charge in [0.25, 0.3) is 0 Å². The second-order valence-corrected chi connectivity index (χ2v) is 10.7. The van der Waals surface area contributed by atoms with E-state index in [1.54, 1.807) is 12.2 Å². The normalized spacial score (nSPS) is 40.3. The molecule has 1 heterocycles. The van der Waals surface area contributed by atoms with Crippen molar-refractivity contribution in [1.29, 1.82) is 0 Å². The van der Waals surface area contributed by atoms with Crippen molar-refractivity contribution in [2.75, 3.05) is 0 Å². The van der Waals surface area contributed by atoms with Crippen molar-refractivity contribution in [2.24, 2.45) is 16.7 Å². The molecule has 1 aromatic carbocycles. The van der Waals surface area contributed by atoms with E-state index in [2.05, 4.69) is 11.9 Å². The van der Waals surface area contributed by atoms with Crippen molar-refractivity contribution in [3.8, 4) is 0 Å². The Morgan fingerprint density at radius 3 is 2.56 bits per heavy atom. The first-order chi connectivity index (χ1) is 16.9. The van der Waals surface area contributed by atoms with Gasteiger partial charge in [-0.05, 0) is 49.5 Å². The molecule has 1 aliphatic heterocycles. The topological polar surface area (TPSA) is 113 Å². The number of Topliss-reactive ketones (excluding diaryl/α,β-unsaturated/α-hetero) is 1. The lowest BCUT2D eigenvalue weighted by Crippen LogP contribution is -2.62. The van der Waals surface area contributed by atoms with Crippen molar-refractivity contribution >= 4 is 17.7 Å². The monoisotopic (exact) mass is 493 g/mol. The Bertz CT molecular complexity index is 1120. The number of carbonyl (C=O) groups is 3. The third-order valence-electron chi connectivity index (χ3n) is 8.34. The fraction of sp³-hybridized carbons (Fsp3) is 0.483. The summed E-state index contributed by atoms with van der Waals surface area (Å²) < 4.78 is 5.80. The molecular weight excluding hydrogens is 458 g/mol. The van der Waals surface area contributed by atoms with Gasteiger partial charge in [-0.1, -0.05) is 56.0 Å². The number of aliphatic hydroxyl groups excluding tert-OH is 1. The number of ketones is 1. The van der Waals surface area contributed by atoms with E-state index in [0.717, 1.165) is 5.56 Å². The molecule has 0 radical (unpaired) electrons. The van der Waals surface area contributed by atoms with Crippen LogP contribution in [0.5, 0.6) is 0 Å². The van der Waals surface area contributed by atoms with E-state index in [1.165, 1.54) is 26.0 Å². The first-order valence-electron chi connectivity index (χ1n) is 12.4. The Hall–Kier alpha value is -3.03. The molecule has 7 atom stereocenters. The smallest absolute Gasteiger partial charge is 0.303 e. The van der Waals surface area contributed by atoms with Crippen molar-refractivity contribution in [3.05, 3.63) is 72.4 Å². The lowest BCUT2D eigenvalue weighted by Gasteiger charge is -2.55. The van der Waals surface area contributed by atoms with E-state index in [4.69, 9.17) is 4.74 Å². The number of hydrogen-bond donors (Lipinski definition) is 3. The van der Waals surface area contributed by atoms with Crippen LogP contribution in [0.1, 0.15) is 45.6 Å². The molecule has 1 amide bonds. The Morgan fingerprint density at radius 1 is 1.19 bits per heavy atom. The van der Waals surface area contributed by atoms with Gasteiger partial charge in [-0.25, -0.2) is 0 Å². The van der Waals surface area contributed by atoms with Gasteiger partial charge in [-0.2, -0.15) is 0 Å². The van der Waals surface area contributed by atoms with Crippen LogP contribution in [0.3, 0.4) is 0 Å². The molecule has 1 spiro atoms. The molecule has 192 valence electrons. The van der Waals surface area contributed by atoms with Crippen LogP contribution in [0.2, 0.25) is 0 Å². The summed E-state index contributed by atoms with van der Waals surface area (Å²) in [7, 11) is 0. The number of benzene rings is 1. The maximum Gasteiger partial charge on any atom is 0.303 e. The zero-order valence-electron chi connectivity index (χ0n) is 21.1. The quantitative estimate of drug-likeness (QED) is 0.441. The summed E-state index contributed by atoms with van der Waals surface area (Å²) in [5.74, 6) is -2.11. The van der Waals surface area contributed by atoms with Gasteiger partial charge in [0.1, 0.15) is 17.1 Å². The number of nitrogens with one attached hydrogen (secondary N) is 1. The highest BCUT2D eigenvalue weighted by Gasteiger charge is 2.72. The minimum atomic E-state index is -1.80. The van der Waals surface area contributed by atoms with E-state index in [1.807, 2.05) is 37.3 Å². The number of carbonyl (C=O) groups excluding carboxylic acids is 3. The largest absolute Gasteiger partial charge is 0.457 e. The van der Waals surface area contributed by atoms with E-state index < -0.39 is 46.3 Å². The molecule has 2 fully saturated rings. The van der Waals surface area contributed by atoms with Gasteiger partial charge >= 0.3 is 5.97 Å². The molecule has 5 unspecified atom stereocenters. The third kappa shape index (κ3) is 4.14. The summed E-state index contributed by atoms with van der Waals surface area (Å²) in [4.78, 5) is 39.1. The number of aliphatic hydroxyl groups is 2. The highest BCUT2D eigenvalue weighted by atomic mass is 16.5. The summed E-state index contributed by atoms with van der Waals surface area (Å²) in [6.45, 7) is 8.77. The molecule has 7 heteroatoms. The van der Waals surface area contributed by atoms with E-state index >= 15 is 0 Å². The predicted molar refractivity (Wildman–Crippen MR) is 135 cm³/mol. The van der Waals surface area contributed by atoms with Gasteiger partial charge in [0, 0.05) is 30.7 Å². The molecule has 2 aliphatic carbocycles. The van der Waals surface area contributed by atoms with Gasteiger partial charge in [0.15, 0.2) is 5.78 Å². The molecule has 7 nitrogen and oxygen atoms in total. The summed E-state index contributed by atoms with van der Waals surface area (Å²) in [6, 6.07) is 9.46. The average molecular weight is 494 g/mol. The van der Waals surface area contributed by atoms with E-state index in [-0.39, 0.29) is 18.4 Å². The number of amides is 1. The third-order valence-corrected chi connectivity index (χ3v) is 8.34. The van der Waals surface area contributed by atoms with Crippen LogP contribution >= 0.6 is 0 Å². The lowest BCUT2D eigenvalue weighted by atomic mass is 9.47. The zero-order valence-corrected chi connectivity index (χ0v) is 21.1. The van der Waals surface area contributed by atoms with E-state index in [0.29, 0.717) is 24.8 Å². The summed E-state index contributed by atoms with van der Waals surface area (Å²) >= 11 is 0. The van der Waals surface area contributed by atoms with E-state index in [9.17, 15) is 24.6 Å². The van der Waals surface area contributed by atoms with Crippen LogP contribution in [0, 0.1) is 16.7 Å². The molecule has 1 saturated carbocycles. The van der Waals surface area contributed by atoms with Gasteiger partial charge < -0.3 is 20.3 Å². The van der Waals surface area contributed by atoms with Crippen LogP contribution in [-0.2, 0) is 25.5 Å². The predicted octanol–water partition coefficient (Wildman–Crippen LogP) is 2.82. The highest BCUT2D eigenvalue weighted by molar-refractivity contribution is 5.91. The average Bonchev–Trinajstić information content (AvgIpc) is 3.02. The number of esters is 1. The van der Waals surface area contributed by atoms with Crippen LogP contribution in [0.25, 0.3) is 0 Å². The fourth-order valence-electron chi connectivity index (χ4n) is 6.43. The Labute approximate surface area is 211 Å². The standard InChI is InChI=1S/C29H35NO6/c1-18-17-27(3)22(16-20-10-6-5-7-11-20)30-26(34)29(27)21(25(18)33)12-8-9-13-23(32)28(4,35)15-14-24(29)36-19(2)31/h5-8,10-12,14-15,21-22,24-25,33,35H,1,9,13,16-17H2,2-4H3,(H,30,34)/b12-8+,15-14+/t21?,22?,24?,25-,27+,28?,29?/m1/s1. The Balaban J connectivity index is 1.95. The fourth-order valence-corrected chi connectivity index (χ4v) is 6.43. The molecule has 3 aliphatic rings. The number of rotatable bonds is 3. The number of ether oxygens (including phenoxy) is 1. The van der Waals surface area contributed by atoms with Crippen LogP contribution in [-0.4, -0.2) is 51.7 Å². The molecule has 0 aromatic heterocycles. The van der Waals surface area contributed by atoms with Crippen LogP contribution in [0.4, 0.5) is 0 Å². The minimum absolute atomic E-state index is 0.0862. The molecule has 1 saturated heterocycles. The molecular formula is C29H35NO6. The molecule has 4 rings (SSSR count). The number of hydrogen-bond acceptors (Lipinski definition) is 6. The molecule has 3 N–H and O–H groups in total. The lowest BCUT2D eigenvalue weighted by molar-refractivity contribution is -0.172. The Morgan fingerprint density at radius 2 is 1.89 bits per heavy atom. The molecule has 0 bridgehead atoms. The Kier molecular flexibility index (Phi) is 6.84. The zero-order chi connectivity index (χ0) is 26.3. The molecule has 36 heavy (non-hydrogen) atoms. The first kappa shape index (κ1) is 26.0. The van der Waals surface area contributed by atoms with Crippen molar-refractivity contribution in [3.63, 3.8) is 0 Å². The van der Waals surface area contributed by atoms with Crippen molar-refractivity contribution in [2.45, 2.75) is 70.3 Å². The van der Waals surface area contributed by atoms with Gasteiger partial charge in [-0.3, -0.25) is 14.4 Å². The first-order valence-corrected chi connectivity index (χ1v) is 12.4. The second kappa shape index (κ2) is 9.45. The SMILES string of the molecule is C=C1C[C@@]2(C)C(Cc3ccccc3)NC(=O)C23C(OC(C)=O)/C=C/C(C)(O)C(=O)CC/C=C/C3[C@@H]1O. The maximum atomic E-state index is 14.1. The minimum Gasteiger partial charge on any atom is -0.457 e. The van der Waals surface area contributed by atoms with Crippen LogP contribution < -0.4 is 5.32 Å². The van der Waals surface area contributed by atoms with Gasteiger partial charge in [-0.15, -0.1) is 0 Å². The summed E-state index contributed by atoms with van der Waals surface area (Å²) in [5.41, 5.74) is -2.39. The second-order valence-electron chi connectivity index (χ2n) is 10.7. The summed E-state index contributed by atoms with van der Waals surface area (Å²) in [5, 5.41) is 25.4. The maximum absolute atomic E-state index is 14.1.